The Morgan fingerprint density at radius 1 is 1.04 bits per heavy atom. The molecule has 0 fully saturated rings. The highest BCUT2D eigenvalue weighted by molar-refractivity contribution is 6.09. The Morgan fingerprint density at radius 3 is 2.57 bits per heavy atom. The number of hydrogen-bond acceptors (Lipinski definition) is 3. The van der Waals surface area contributed by atoms with Crippen molar-refractivity contribution >= 4 is 11.3 Å². The molecule has 0 unspecified atom stereocenters. The van der Waals surface area contributed by atoms with E-state index in [0.717, 1.165) is 48.5 Å². The number of nitrogens with zero attached hydrogens (tertiary/aromatic N) is 1. The molecule has 0 bridgehead atoms. The van der Waals surface area contributed by atoms with E-state index in [-0.39, 0.29) is 5.78 Å². The van der Waals surface area contributed by atoms with Crippen molar-refractivity contribution in [3.63, 3.8) is 0 Å². The Morgan fingerprint density at radius 2 is 1.82 bits per heavy atom. The van der Waals surface area contributed by atoms with Crippen LogP contribution in [0, 0.1) is 0 Å². The van der Waals surface area contributed by atoms with Gasteiger partial charge < -0.3 is 14.5 Å². The minimum atomic E-state index is 0.0507. The highest BCUT2D eigenvalue weighted by Crippen LogP contribution is 2.22. The molecule has 0 aliphatic heterocycles. The molecule has 2 heterocycles. The smallest absolute Gasteiger partial charge is 0.210 e. The molecular weight excluding hydrogens is 348 g/mol. The van der Waals surface area contributed by atoms with Gasteiger partial charge in [0.05, 0.1) is 12.3 Å². The van der Waals surface area contributed by atoms with Crippen LogP contribution in [0.5, 0.6) is 5.75 Å². The molecule has 3 aromatic rings. The van der Waals surface area contributed by atoms with Crippen LogP contribution < -0.4 is 10.1 Å². The van der Waals surface area contributed by atoms with Crippen LogP contribution in [0.3, 0.4) is 0 Å². The van der Waals surface area contributed by atoms with E-state index >= 15 is 0 Å². The van der Waals surface area contributed by atoms with Gasteiger partial charge >= 0.3 is 0 Å². The van der Waals surface area contributed by atoms with Gasteiger partial charge in [0, 0.05) is 17.3 Å². The van der Waals surface area contributed by atoms with E-state index in [2.05, 4.69) is 25.2 Å². The summed E-state index contributed by atoms with van der Waals surface area (Å²) in [5, 5.41) is 3.41. The number of hydrogen-bond donors (Lipinski definition) is 1. The number of benzene rings is 1. The van der Waals surface area contributed by atoms with Crippen LogP contribution in [-0.4, -0.2) is 29.9 Å². The first kappa shape index (κ1) is 20.2. The predicted octanol–water partition coefficient (Wildman–Crippen LogP) is 4.89. The van der Waals surface area contributed by atoms with Crippen LogP contribution in [0.15, 0.2) is 54.7 Å². The van der Waals surface area contributed by atoms with E-state index in [1.165, 1.54) is 12.8 Å². The van der Waals surface area contributed by atoms with Gasteiger partial charge in [-0.05, 0) is 80.4 Å². The van der Waals surface area contributed by atoms with Crippen molar-refractivity contribution < 1.29 is 9.53 Å². The molecule has 0 amide bonds. The Balaban J connectivity index is 1.62. The van der Waals surface area contributed by atoms with Crippen molar-refractivity contribution in [2.75, 3.05) is 19.7 Å². The molecule has 4 heteroatoms. The first-order valence-electron chi connectivity index (χ1n) is 10.3. The summed E-state index contributed by atoms with van der Waals surface area (Å²) in [5.74, 6) is 0.857. The van der Waals surface area contributed by atoms with Gasteiger partial charge in [-0.2, -0.15) is 0 Å². The molecule has 0 saturated heterocycles. The molecule has 148 valence electrons. The van der Waals surface area contributed by atoms with Crippen molar-refractivity contribution in [3.05, 3.63) is 71.5 Å². The largest absolute Gasteiger partial charge is 0.494 e. The molecule has 28 heavy (non-hydrogen) atoms. The summed E-state index contributed by atoms with van der Waals surface area (Å²) in [6, 6.07) is 15.6. The van der Waals surface area contributed by atoms with Gasteiger partial charge in [-0.3, -0.25) is 4.79 Å². The second-order valence-electron chi connectivity index (χ2n) is 7.03. The lowest BCUT2D eigenvalue weighted by atomic mass is 10.0. The number of unbranched alkanes of at least 4 members (excludes halogenated alkanes) is 1. The average molecular weight is 379 g/mol. The topological polar surface area (TPSA) is 42.7 Å². The van der Waals surface area contributed by atoms with Gasteiger partial charge in [-0.15, -0.1) is 0 Å². The highest BCUT2D eigenvalue weighted by Gasteiger charge is 2.18. The molecule has 1 N–H and O–H groups in total. The SMILES string of the molecule is CCCCNCCCOc1ccc(C(=O)c2c(CC)cc3ccccn23)cc1. The van der Waals surface area contributed by atoms with Crippen LogP contribution in [0.2, 0.25) is 0 Å². The van der Waals surface area contributed by atoms with Crippen LogP contribution >= 0.6 is 0 Å². The van der Waals surface area contributed by atoms with Gasteiger partial charge in [0.25, 0.3) is 0 Å². The molecule has 4 nitrogen and oxygen atoms in total. The van der Waals surface area contributed by atoms with Crippen molar-refractivity contribution in [2.24, 2.45) is 0 Å². The van der Waals surface area contributed by atoms with Crippen LogP contribution in [0.1, 0.15) is 54.7 Å². The van der Waals surface area contributed by atoms with Crippen molar-refractivity contribution in [3.8, 4) is 5.75 Å². The number of pyridine rings is 1. The lowest BCUT2D eigenvalue weighted by molar-refractivity contribution is 0.103. The predicted molar refractivity (Wildman–Crippen MR) is 115 cm³/mol. The maximum absolute atomic E-state index is 13.1. The molecule has 0 aliphatic carbocycles. The number of carbonyl (C=O) groups is 1. The van der Waals surface area contributed by atoms with Gasteiger partial charge in [-0.25, -0.2) is 0 Å². The molecule has 3 rings (SSSR count). The van der Waals surface area contributed by atoms with Gasteiger partial charge in [-0.1, -0.05) is 26.3 Å². The second kappa shape index (κ2) is 10.1. The third-order valence-electron chi connectivity index (χ3n) is 4.94. The van der Waals surface area contributed by atoms with Gasteiger partial charge in [0.2, 0.25) is 5.78 Å². The number of aromatic nitrogens is 1. The fourth-order valence-electron chi connectivity index (χ4n) is 3.36. The van der Waals surface area contributed by atoms with Crippen molar-refractivity contribution in [2.45, 2.75) is 39.5 Å². The van der Waals surface area contributed by atoms with E-state index < -0.39 is 0 Å². The van der Waals surface area contributed by atoms with Gasteiger partial charge in [0.15, 0.2) is 0 Å². The Bertz CT molecular complexity index is 897. The second-order valence-corrected chi connectivity index (χ2v) is 7.03. The number of ketones is 1. The molecule has 2 aromatic heterocycles. The third-order valence-corrected chi connectivity index (χ3v) is 4.94. The van der Waals surface area contributed by atoms with E-state index in [9.17, 15) is 4.79 Å². The maximum Gasteiger partial charge on any atom is 0.210 e. The third kappa shape index (κ3) is 4.82. The molecule has 0 saturated carbocycles. The van der Waals surface area contributed by atoms with E-state index in [4.69, 9.17) is 4.74 Å². The summed E-state index contributed by atoms with van der Waals surface area (Å²) in [4.78, 5) is 13.1. The van der Waals surface area contributed by atoms with Crippen LogP contribution in [0.25, 0.3) is 5.52 Å². The minimum Gasteiger partial charge on any atom is -0.494 e. The number of carbonyl (C=O) groups excluding carboxylic acids is 1. The Hall–Kier alpha value is -2.59. The summed E-state index contributed by atoms with van der Waals surface area (Å²) in [7, 11) is 0. The number of rotatable bonds is 11. The molecule has 0 atom stereocenters. The fraction of sp³-hybridized carbons (Fsp3) is 0.375. The Kier molecular flexibility index (Phi) is 7.26. The summed E-state index contributed by atoms with van der Waals surface area (Å²) >= 11 is 0. The number of ether oxygens (including phenoxy) is 1. The Labute approximate surface area is 167 Å². The summed E-state index contributed by atoms with van der Waals surface area (Å²) in [6.07, 6.45) is 6.19. The number of aryl methyl sites for hydroxylation is 1. The lowest BCUT2D eigenvalue weighted by Crippen LogP contribution is -2.18. The van der Waals surface area contributed by atoms with Crippen molar-refractivity contribution in [1.82, 2.24) is 9.72 Å². The summed E-state index contributed by atoms with van der Waals surface area (Å²) in [6.45, 7) is 7.00. The summed E-state index contributed by atoms with van der Waals surface area (Å²) in [5.41, 5.74) is 3.57. The molecule has 0 aliphatic rings. The first-order valence-corrected chi connectivity index (χ1v) is 10.3. The molecule has 0 spiro atoms. The maximum atomic E-state index is 13.1. The number of fused-ring (bicyclic) bond motifs is 1. The standard InChI is InChI=1S/C24H30N2O2/c1-3-5-14-25-15-8-17-28-22-12-10-20(11-13-22)24(27)23-19(4-2)18-21-9-6-7-16-26(21)23/h6-7,9-13,16,18,25H,3-5,8,14-15,17H2,1-2H3. The molecule has 1 aromatic carbocycles. The molecule has 0 radical (unpaired) electrons. The van der Waals surface area contributed by atoms with E-state index in [1.807, 2.05) is 53.1 Å². The zero-order valence-corrected chi connectivity index (χ0v) is 16.9. The fourth-order valence-corrected chi connectivity index (χ4v) is 3.36. The van der Waals surface area contributed by atoms with Crippen LogP contribution in [0.4, 0.5) is 0 Å². The zero-order chi connectivity index (χ0) is 19.8. The van der Waals surface area contributed by atoms with Crippen LogP contribution in [-0.2, 0) is 6.42 Å². The minimum absolute atomic E-state index is 0.0507. The first-order chi connectivity index (χ1) is 13.7. The summed E-state index contributed by atoms with van der Waals surface area (Å²) < 4.78 is 7.78. The molecular formula is C24H30N2O2. The quantitative estimate of drug-likeness (QED) is 0.381. The highest BCUT2D eigenvalue weighted by atomic mass is 16.5. The lowest BCUT2D eigenvalue weighted by Gasteiger charge is -2.09. The van der Waals surface area contributed by atoms with E-state index in [1.54, 1.807) is 0 Å². The zero-order valence-electron chi connectivity index (χ0n) is 16.9. The van der Waals surface area contributed by atoms with E-state index in [0.29, 0.717) is 12.2 Å². The van der Waals surface area contributed by atoms with Gasteiger partial charge in [0.1, 0.15) is 5.75 Å². The van der Waals surface area contributed by atoms with Crippen molar-refractivity contribution in [1.29, 1.82) is 0 Å². The normalized spacial score (nSPS) is 11.1. The monoisotopic (exact) mass is 378 g/mol. The number of nitrogens with one attached hydrogen (secondary N) is 1. The average Bonchev–Trinajstić information content (AvgIpc) is 3.11.